The molecule has 3 N–H and O–H groups in total. The van der Waals surface area contributed by atoms with Crippen LogP contribution in [0.25, 0.3) is 0 Å². The molecule has 1 atom stereocenters. The Kier molecular flexibility index (Phi) is 5.29. The Labute approximate surface area is 121 Å². The SMILES string of the molecule is COCCN1CCC(C(=O)NCc2c[nH]c(=O)[nH]c2=O)C1. The number of likely N-dealkylation sites (tertiary alicyclic amines) is 1. The fourth-order valence-electron chi connectivity index (χ4n) is 2.37. The van der Waals surface area contributed by atoms with Crippen LogP contribution in [0.4, 0.5) is 0 Å². The van der Waals surface area contributed by atoms with Crippen LogP contribution in [0, 0.1) is 5.92 Å². The zero-order valence-electron chi connectivity index (χ0n) is 12.0. The fraction of sp³-hybridized carbons (Fsp3) is 0.615. The van der Waals surface area contributed by atoms with Crippen molar-refractivity contribution >= 4 is 5.91 Å². The summed E-state index contributed by atoms with van der Waals surface area (Å²) in [7, 11) is 1.65. The molecule has 1 aliphatic heterocycles. The molecule has 1 saturated heterocycles. The maximum atomic E-state index is 12.1. The molecule has 2 heterocycles. The van der Waals surface area contributed by atoms with Crippen LogP contribution in [0.5, 0.6) is 0 Å². The average molecular weight is 296 g/mol. The van der Waals surface area contributed by atoms with Gasteiger partial charge in [-0.25, -0.2) is 4.79 Å². The molecule has 1 unspecified atom stereocenters. The van der Waals surface area contributed by atoms with Crippen LogP contribution < -0.4 is 16.6 Å². The van der Waals surface area contributed by atoms with E-state index in [2.05, 4.69) is 20.2 Å². The van der Waals surface area contributed by atoms with Gasteiger partial charge >= 0.3 is 5.69 Å². The molecule has 0 bridgehead atoms. The standard InChI is InChI=1S/C13H20N4O4/c1-21-5-4-17-3-2-9(8-17)11(18)14-6-10-7-15-13(20)16-12(10)19/h7,9H,2-6,8H2,1H3,(H,14,18)(H2,15,16,19,20). The number of methoxy groups -OCH3 is 1. The summed E-state index contributed by atoms with van der Waals surface area (Å²) in [6.45, 7) is 3.17. The Morgan fingerprint density at radius 1 is 1.52 bits per heavy atom. The van der Waals surface area contributed by atoms with Gasteiger partial charge in [-0.05, 0) is 13.0 Å². The van der Waals surface area contributed by atoms with E-state index >= 15 is 0 Å². The molecule has 1 aromatic rings. The van der Waals surface area contributed by atoms with Gasteiger partial charge < -0.3 is 19.9 Å². The molecular formula is C13H20N4O4. The Morgan fingerprint density at radius 2 is 2.33 bits per heavy atom. The quantitative estimate of drug-likeness (QED) is 0.601. The van der Waals surface area contributed by atoms with Crippen LogP contribution in [0.2, 0.25) is 0 Å². The van der Waals surface area contributed by atoms with Crippen molar-refractivity contribution in [3.8, 4) is 0 Å². The van der Waals surface area contributed by atoms with Gasteiger partial charge in [0.2, 0.25) is 5.91 Å². The van der Waals surface area contributed by atoms with E-state index in [-0.39, 0.29) is 18.4 Å². The van der Waals surface area contributed by atoms with Gasteiger partial charge in [0.15, 0.2) is 0 Å². The average Bonchev–Trinajstić information content (AvgIpc) is 2.93. The summed E-state index contributed by atoms with van der Waals surface area (Å²) in [5.74, 6) is -0.135. The number of nitrogens with one attached hydrogen (secondary N) is 3. The minimum absolute atomic E-state index is 0.0660. The normalized spacial score (nSPS) is 18.8. The summed E-state index contributed by atoms with van der Waals surface area (Å²) in [5, 5.41) is 2.74. The monoisotopic (exact) mass is 296 g/mol. The number of nitrogens with zero attached hydrogens (tertiary/aromatic N) is 1. The summed E-state index contributed by atoms with van der Waals surface area (Å²) in [6.07, 6.45) is 2.12. The zero-order chi connectivity index (χ0) is 15.2. The van der Waals surface area contributed by atoms with Crippen LogP contribution in [0.15, 0.2) is 15.8 Å². The van der Waals surface area contributed by atoms with Crippen LogP contribution >= 0.6 is 0 Å². The number of rotatable bonds is 6. The second-order valence-electron chi connectivity index (χ2n) is 5.09. The highest BCUT2D eigenvalue weighted by molar-refractivity contribution is 5.79. The van der Waals surface area contributed by atoms with Crippen molar-refractivity contribution in [1.29, 1.82) is 0 Å². The number of carbonyl (C=O) groups excluding carboxylic acids is 1. The van der Waals surface area contributed by atoms with Crippen molar-refractivity contribution in [3.05, 3.63) is 32.6 Å². The molecule has 21 heavy (non-hydrogen) atoms. The van der Waals surface area contributed by atoms with Crippen molar-refractivity contribution in [3.63, 3.8) is 0 Å². The highest BCUT2D eigenvalue weighted by atomic mass is 16.5. The lowest BCUT2D eigenvalue weighted by atomic mass is 10.1. The molecule has 1 aliphatic rings. The molecule has 0 radical (unpaired) electrons. The first-order valence-corrected chi connectivity index (χ1v) is 6.90. The summed E-state index contributed by atoms with van der Waals surface area (Å²) in [4.78, 5) is 41.1. The van der Waals surface area contributed by atoms with E-state index in [0.29, 0.717) is 18.7 Å². The molecule has 0 aromatic carbocycles. The number of ether oxygens (including phenoxy) is 1. The van der Waals surface area contributed by atoms with Crippen LogP contribution in [-0.2, 0) is 16.1 Å². The number of H-pyrrole nitrogens is 2. The van der Waals surface area contributed by atoms with E-state index in [4.69, 9.17) is 4.74 Å². The first kappa shape index (κ1) is 15.5. The largest absolute Gasteiger partial charge is 0.383 e. The highest BCUT2D eigenvalue weighted by Crippen LogP contribution is 2.15. The van der Waals surface area contributed by atoms with Crippen molar-refractivity contribution in [2.24, 2.45) is 5.92 Å². The summed E-state index contributed by atoms with van der Waals surface area (Å²) < 4.78 is 5.02. The van der Waals surface area contributed by atoms with Gasteiger partial charge in [-0.3, -0.25) is 14.6 Å². The first-order chi connectivity index (χ1) is 10.1. The lowest BCUT2D eigenvalue weighted by Gasteiger charge is -2.15. The molecule has 8 nitrogen and oxygen atoms in total. The number of aromatic nitrogens is 2. The maximum absolute atomic E-state index is 12.1. The Balaban J connectivity index is 1.82. The third kappa shape index (κ3) is 4.27. The topological polar surface area (TPSA) is 107 Å². The molecule has 0 aliphatic carbocycles. The van der Waals surface area contributed by atoms with Gasteiger partial charge in [0.05, 0.1) is 18.1 Å². The number of carbonyl (C=O) groups is 1. The zero-order valence-corrected chi connectivity index (χ0v) is 12.0. The fourth-order valence-corrected chi connectivity index (χ4v) is 2.37. The molecule has 1 aromatic heterocycles. The van der Waals surface area contributed by atoms with Crippen molar-refractivity contribution < 1.29 is 9.53 Å². The second kappa shape index (κ2) is 7.19. The van der Waals surface area contributed by atoms with E-state index < -0.39 is 11.2 Å². The van der Waals surface area contributed by atoms with E-state index in [1.807, 2.05) is 0 Å². The number of amides is 1. The number of hydrogen-bond acceptors (Lipinski definition) is 5. The van der Waals surface area contributed by atoms with E-state index in [1.165, 1.54) is 6.20 Å². The molecule has 2 rings (SSSR count). The summed E-state index contributed by atoms with van der Waals surface area (Å²) in [6, 6.07) is 0. The Bertz CT molecular complexity index is 594. The van der Waals surface area contributed by atoms with Crippen LogP contribution in [0.1, 0.15) is 12.0 Å². The lowest BCUT2D eigenvalue weighted by Crippen LogP contribution is -2.35. The van der Waals surface area contributed by atoms with Crippen molar-refractivity contribution in [2.45, 2.75) is 13.0 Å². The summed E-state index contributed by atoms with van der Waals surface area (Å²) >= 11 is 0. The smallest absolute Gasteiger partial charge is 0.325 e. The minimum atomic E-state index is -0.556. The molecular weight excluding hydrogens is 276 g/mol. The predicted octanol–water partition coefficient (Wildman–Crippen LogP) is -1.35. The molecule has 1 fully saturated rings. The van der Waals surface area contributed by atoms with Crippen molar-refractivity contribution in [1.82, 2.24) is 20.2 Å². The van der Waals surface area contributed by atoms with Gasteiger partial charge in [0.25, 0.3) is 5.56 Å². The summed E-state index contributed by atoms with van der Waals surface area (Å²) in [5.41, 5.74) is -0.705. The van der Waals surface area contributed by atoms with Gasteiger partial charge in [0.1, 0.15) is 0 Å². The Hall–Kier alpha value is -1.93. The number of hydrogen-bond donors (Lipinski definition) is 3. The van der Waals surface area contributed by atoms with Crippen molar-refractivity contribution in [2.75, 3.05) is 33.4 Å². The molecule has 0 spiro atoms. The van der Waals surface area contributed by atoms with Crippen LogP contribution in [0.3, 0.4) is 0 Å². The van der Waals surface area contributed by atoms with E-state index in [9.17, 15) is 14.4 Å². The maximum Gasteiger partial charge on any atom is 0.325 e. The highest BCUT2D eigenvalue weighted by Gasteiger charge is 2.27. The third-order valence-electron chi connectivity index (χ3n) is 3.60. The first-order valence-electron chi connectivity index (χ1n) is 6.90. The van der Waals surface area contributed by atoms with E-state index in [1.54, 1.807) is 7.11 Å². The molecule has 116 valence electrons. The van der Waals surface area contributed by atoms with Gasteiger partial charge in [-0.2, -0.15) is 0 Å². The molecule has 0 saturated carbocycles. The molecule has 1 amide bonds. The molecule has 8 heteroatoms. The Morgan fingerprint density at radius 3 is 3.05 bits per heavy atom. The lowest BCUT2D eigenvalue weighted by molar-refractivity contribution is -0.124. The van der Waals surface area contributed by atoms with Gasteiger partial charge in [-0.15, -0.1) is 0 Å². The van der Waals surface area contributed by atoms with Crippen LogP contribution in [-0.4, -0.2) is 54.1 Å². The second-order valence-corrected chi connectivity index (χ2v) is 5.09. The van der Waals surface area contributed by atoms with Gasteiger partial charge in [-0.1, -0.05) is 0 Å². The minimum Gasteiger partial charge on any atom is -0.383 e. The van der Waals surface area contributed by atoms with E-state index in [0.717, 1.165) is 19.5 Å². The van der Waals surface area contributed by atoms with Gasteiger partial charge in [0, 0.05) is 32.9 Å². The third-order valence-corrected chi connectivity index (χ3v) is 3.60. The number of aromatic amines is 2. The predicted molar refractivity (Wildman–Crippen MR) is 76.0 cm³/mol.